The van der Waals surface area contributed by atoms with Crippen LogP contribution in [0.15, 0.2) is 60.7 Å². The number of benzene rings is 2. The van der Waals surface area contributed by atoms with E-state index in [2.05, 4.69) is 39.8 Å². The van der Waals surface area contributed by atoms with Crippen molar-refractivity contribution in [2.24, 2.45) is 0 Å². The molecular weight excluding hydrogens is 350 g/mol. The maximum atomic E-state index is 12.2. The molecule has 1 aliphatic heterocycles. The molecule has 1 saturated heterocycles. The Hall–Kier alpha value is -2.37. The Labute approximate surface area is 167 Å². The van der Waals surface area contributed by atoms with Gasteiger partial charge < -0.3 is 20.6 Å². The SMILES string of the molecule is CC(O)(CNC(=O)NC1CCN(CCc2ccccc2)CC1)c1ccccc1. The van der Waals surface area contributed by atoms with Crippen LogP contribution in [-0.2, 0) is 12.0 Å². The maximum absolute atomic E-state index is 12.2. The van der Waals surface area contributed by atoms with Gasteiger partial charge in [-0.1, -0.05) is 60.7 Å². The Bertz CT molecular complexity index is 726. The molecule has 5 nitrogen and oxygen atoms in total. The number of aliphatic hydroxyl groups is 1. The topological polar surface area (TPSA) is 64.6 Å². The summed E-state index contributed by atoms with van der Waals surface area (Å²) < 4.78 is 0. The van der Waals surface area contributed by atoms with E-state index in [9.17, 15) is 9.90 Å². The number of rotatable bonds is 7. The van der Waals surface area contributed by atoms with E-state index < -0.39 is 5.60 Å². The van der Waals surface area contributed by atoms with Crippen molar-refractivity contribution in [3.63, 3.8) is 0 Å². The lowest BCUT2D eigenvalue weighted by Gasteiger charge is -2.32. The average molecular weight is 382 g/mol. The van der Waals surface area contributed by atoms with Gasteiger partial charge in [-0.2, -0.15) is 0 Å². The van der Waals surface area contributed by atoms with Crippen LogP contribution in [0.4, 0.5) is 4.79 Å². The van der Waals surface area contributed by atoms with Crippen LogP contribution in [0.2, 0.25) is 0 Å². The summed E-state index contributed by atoms with van der Waals surface area (Å²) in [7, 11) is 0. The first-order valence-corrected chi connectivity index (χ1v) is 10.1. The summed E-state index contributed by atoms with van der Waals surface area (Å²) in [6.45, 7) is 4.95. The van der Waals surface area contributed by atoms with Crippen LogP contribution in [0.5, 0.6) is 0 Å². The molecule has 1 heterocycles. The van der Waals surface area contributed by atoms with E-state index in [1.807, 2.05) is 36.4 Å². The van der Waals surface area contributed by atoms with Gasteiger partial charge in [0, 0.05) is 25.7 Å². The van der Waals surface area contributed by atoms with Crippen molar-refractivity contribution in [2.45, 2.75) is 37.8 Å². The van der Waals surface area contributed by atoms with Gasteiger partial charge in [-0.25, -0.2) is 4.79 Å². The minimum Gasteiger partial charge on any atom is -0.384 e. The van der Waals surface area contributed by atoms with Gasteiger partial charge in [-0.05, 0) is 37.3 Å². The van der Waals surface area contributed by atoms with Crippen molar-refractivity contribution in [3.05, 3.63) is 71.8 Å². The van der Waals surface area contributed by atoms with Crippen molar-refractivity contribution in [3.8, 4) is 0 Å². The summed E-state index contributed by atoms with van der Waals surface area (Å²) in [5.41, 5.74) is 1.08. The molecule has 3 rings (SSSR count). The van der Waals surface area contributed by atoms with Crippen molar-refractivity contribution in [1.29, 1.82) is 0 Å². The molecule has 0 aliphatic carbocycles. The number of carbonyl (C=O) groups excluding carboxylic acids is 1. The average Bonchev–Trinajstić information content (AvgIpc) is 2.73. The van der Waals surface area contributed by atoms with Crippen LogP contribution in [0.1, 0.15) is 30.9 Å². The highest BCUT2D eigenvalue weighted by molar-refractivity contribution is 5.74. The molecule has 0 saturated carbocycles. The molecular formula is C23H31N3O2. The van der Waals surface area contributed by atoms with Gasteiger partial charge in [0.15, 0.2) is 0 Å². The van der Waals surface area contributed by atoms with Crippen molar-refractivity contribution in [1.82, 2.24) is 15.5 Å². The molecule has 2 amide bonds. The van der Waals surface area contributed by atoms with Gasteiger partial charge in [0.05, 0.1) is 6.54 Å². The number of carbonyl (C=O) groups is 1. The molecule has 3 N–H and O–H groups in total. The summed E-state index contributed by atoms with van der Waals surface area (Å²) in [4.78, 5) is 14.7. The number of likely N-dealkylation sites (tertiary alicyclic amines) is 1. The maximum Gasteiger partial charge on any atom is 0.315 e. The molecule has 0 radical (unpaired) electrons. The summed E-state index contributed by atoms with van der Waals surface area (Å²) in [5, 5.41) is 16.4. The first-order chi connectivity index (χ1) is 13.5. The van der Waals surface area contributed by atoms with Crippen LogP contribution in [0.25, 0.3) is 0 Å². The van der Waals surface area contributed by atoms with E-state index in [0.29, 0.717) is 0 Å². The number of piperidine rings is 1. The van der Waals surface area contributed by atoms with Crippen LogP contribution >= 0.6 is 0 Å². The van der Waals surface area contributed by atoms with Crippen LogP contribution in [-0.4, -0.2) is 48.3 Å². The Balaban J connectivity index is 1.35. The normalized spacial score (nSPS) is 17.6. The smallest absolute Gasteiger partial charge is 0.315 e. The zero-order valence-electron chi connectivity index (χ0n) is 16.6. The van der Waals surface area contributed by atoms with Gasteiger partial charge >= 0.3 is 6.03 Å². The molecule has 28 heavy (non-hydrogen) atoms. The predicted molar refractivity (Wildman–Crippen MR) is 112 cm³/mol. The van der Waals surface area contributed by atoms with E-state index in [0.717, 1.165) is 44.5 Å². The second-order valence-corrected chi connectivity index (χ2v) is 7.82. The molecule has 1 aliphatic rings. The highest BCUT2D eigenvalue weighted by Crippen LogP contribution is 2.19. The summed E-state index contributed by atoms with van der Waals surface area (Å²) in [6.07, 6.45) is 2.97. The fraction of sp³-hybridized carbons (Fsp3) is 0.435. The molecule has 1 atom stereocenters. The molecule has 2 aromatic carbocycles. The quantitative estimate of drug-likeness (QED) is 0.691. The molecule has 1 fully saturated rings. The van der Waals surface area contributed by atoms with Crippen LogP contribution in [0.3, 0.4) is 0 Å². The summed E-state index contributed by atoms with van der Waals surface area (Å²) in [6, 6.07) is 19.9. The number of hydrogen-bond donors (Lipinski definition) is 3. The standard InChI is InChI=1S/C23H31N3O2/c1-23(28,20-10-6-3-7-11-20)18-24-22(27)25-21-13-16-26(17-14-21)15-12-19-8-4-2-5-9-19/h2-11,21,28H,12-18H2,1H3,(H2,24,25,27). The monoisotopic (exact) mass is 381 g/mol. The third-order valence-electron chi connectivity index (χ3n) is 5.47. The molecule has 0 spiro atoms. The van der Waals surface area contributed by atoms with Crippen LogP contribution in [0, 0.1) is 0 Å². The van der Waals surface area contributed by atoms with E-state index >= 15 is 0 Å². The van der Waals surface area contributed by atoms with Crippen LogP contribution < -0.4 is 10.6 Å². The number of nitrogens with one attached hydrogen (secondary N) is 2. The third kappa shape index (κ3) is 6.08. The lowest BCUT2D eigenvalue weighted by Crippen LogP contribution is -2.50. The first-order valence-electron chi connectivity index (χ1n) is 10.1. The minimum atomic E-state index is -1.08. The molecule has 1 unspecified atom stereocenters. The van der Waals surface area contributed by atoms with Gasteiger partial charge in [0.25, 0.3) is 0 Å². The molecule has 0 aromatic heterocycles. The van der Waals surface area contributed by atoms with E-state index in [4.69, 9.17) is 0 Å². The van der Waals surface area contributed by atoms with Crippen molar-refractivity contribution >= 4 is 6.03 Å². The molecule has 2 aromatic rings. The second-order valence-electron chi connectivity index (χ2n) is 7.82. The fourth-order valence-corrected chi connectivity index (χ4v) is 3.62. The number of urea groups is 1. The van der Waals surface area contributed by atoms with E-state index in [1.165, 1.54) is 5.56 Å². The van der Waals surface area contributed by atoms with E-state index in [-0.39, 0.29) is 18.6 Å². The van der Waals surface area contributed by atoms with E-state index in [1.54, 1.807) is 6.92 Å². The Morgan fingerprint density at radius 3 is 2.32 bits per heavy atom. The highest BCUT2D eigenvalue weighted by Gasteiger charge is 2.25. The van der Waals surface area contributed by atoms with Gasteiger partial charge in [0.2, 0.25) is 0 Å². The Morgan fingerprint density at radius 1 is 1.07 bits per heavy atom. The molecule has 0 bridgehead atoms. The van der Waals surface area contributed by atoms with Gasteiger partial charge in [0.1, 0.15) is 5.60 Å². The lowest BCUT2D eigenvalue weighted by molar-refractivity contribution is 0.0591. The minimum absolute atomic E-state index is 0.179. The summed E-state index contributed by atoms with van der Waals surface area (Å²) in [5.74, 6) is 0. The Morgan fingerprint density at radius 2 is 1.68 bits per heavy atom. The molecule has 5 heteroatoms. The fourth-order valence-electron chi connectivity index (χ4n) is 3.62. The lowest BCUT2D eigenvalue weighted by atomic mass is 9.96. The first kappa shape index (κ1) is 20.4. The number of nitrogens with zero attached hydrogens (tertiary/aromatic N) is 1. The predicted octanol–water partition coefficient (Wildman–Crippen LogP) is 2.90. The Kier molecular flexibility index (Phi) is 7.06. The highest BCUT2D eigenvalue weighted by atomic mass is 16.3. The van der Waals surface area contributed by atoms with Gasteiger partial charge in [-0.3, -0.25) is 0 Å². The summed E-state index contributed by atoms with van der Waals surface area (Å²) >= 11 is 0. The number of amides is 2. The zero-order valence-corrected chi connectivity index (χ0v) is 16.6. The van der Waals surface area contributed by atoms with Crippen molar-refractivity contribution < 1.29 is 9.90 Å². The second kappa shape index (κ2) is 9.71. The van der Waals surface area contributed by atoms with Gasteiger partial charge in [-0.15, -0.1) is 0 Å². The van der Waals surface area contributed by atoms with Crippen molar-refractivity contribution in [2.75, 3.05) is 26.2 Å². The largest absolute Gasteiger partial charge is 0.384 e. The zero-order chi connectivity index (χ0) is 19.8. The number of hydrogen-bond acceptors (Lipinski definition) is 3. The molecule has 150 valence electrons. The third-order valence-corrected chi connectivity index (χ3v) is 5.47.